The van der Waals surface area contributed by atoms with Crippen molar-refractivity contribution in [1.82, 2.24) is 14.9 Å². The number of aromatic nitrogens is 2. The summed E-state index contributed by atoms with van der Waals surface area (Å²) in [4.78, 5) is 15.6. The quantitative estimate of drug-likeness (QED) is 0.833. The number of hydrogen-bond donors (Lipinski definition) is 1. The summed E-state index contributed by atoms with van der Waals surface area (Å²) in [6.07, 6.45) is 3.63. The lowest BCUT2D eigenvalue weighted by atomic mass is 10.3. The first-order valence-electron chi connectivity index (χ1n) is 5.69. The molecule has 1 aromatic heterocycles. The van der Waals surface area contributed by atoms with E-state index in [4.69, 9.17) is 0 Å². The summed E-state index contributed by atoms with van der Waals surface area (Å²) in [6.45, 7) is 5.67. The van der Waals surface area contributed by atoms with Gasteiger partial charge in [0.1, 0.15) is 0 Å². The molecule has 0 bridgehead atoms. The zero-order valence-corrected chi connectivity index (χ0v) is 10.3. The molecule has 18 heavy (non-hydrogen) atoms. The van der Waals surface area contributed by atoms with E-state index < -0.39 is 0 Å². The first-order chi connectivity index (χ1) is 8.66. The fourth-order valence-corrected chi connectivity index (χ4v) is 1.52. The second kappa shape index (κ2) is 5.31. The van der Waals surface area contributed by atoms with Gasteiger partial charge in [0.05, 0.1) is 18.6 Å². The molecule has 2 aromatic rings. The fraction of sp³-hybridized carbons (Fsp3) is 0.143. The monoisotopic (exact) mass is 241 g/mol. The molecule has 1 aromatic carbocycles. The Bertz CT molecular complexity index is 557. The smallest absolute Gasteiger partial charge is 0.246 e. The molecule has 0 radical (unpaired) electrons. The van der Waals surface area contributed by atoms with Crippen molar-refractivity contribution in [2.75, 3.05) is 0 Å². The van der Waals surface area contributed by atoms with E-state index in [-0.39, 0.29) is 5.91 Å². The van der Waals surface area contributed by atoms with Gasteiger partial charge < -0.3 is 9.88 Å². The Labute approximate surface area is 106 Å². The van der Waals surface area contributed by atoms with Crippen molar-refractivity contribution in [2.45, 2.75) is 13.5 Å². The molecular weight excluding hydrogens is 226 g/mol. The van der Waals surface area contributed by atoms with Gasteiger partial charge in [0.2, 0.25) is 5.91 Å². The number of hydrogen-bond acceptors (Lipinski definition) is 2. The highest BCUT2D eigenvalue weighted by Gasteiger charge is 2.04. The SMILES string of the molecule is C=C(C)C(=O)NCc1cn(-c2ccccc2)cn1. The molecule has 4 nitrogen and oxygen atoms in total. The summed E-state index contributed by atoms with van der Waals surface area (Å²) in [6, 6.07) is 9.90. The molecule has 1 heterocycles. The molecule has 0 aliphatic heterocycles. The number of nitrogens with one attached hydrogen (secondary N) is 1. The van der Waals surface area contributed by atoms with E-state index in [0.29, 0.717) is 12.1 Å². The number of carbonyl (C=O) groups excluding carboxylic acids is 1. The molecule has 0 saturated heterocycles. The Morgan fingerprint density at radius 3 is 2.78 bits per heavy atom. The first kappa shape index (κ1) is 12.1. The van der Waals surface area contributed by atoms with Crippen LogP contribution >= 0.6 is 0 Å². The number of carbonyl (C=O) groups is 1. The summed E-state index contributed by atoms with van der Waals surface area (Å²) in [7, 11) is 0. The summed E-state index contributed by atoms with van der Waals surface area (Å²) in [5.74, 6) is -0.149. The highest BCUT2D eigenvalue weighted by molar-refractivity contribution is 5.91. The van der Waals surface area contributed by atoms with Crippen molar-refractivity contribution in [2.24, 2.45) is 0 Å². The van der Waals surface area contributed by atoms with Crippen LogP contribution in [-0.2, 0) is 11.3 Å². The van der Waals surface area contributed by atoms with Crippen LogP contribution in [0.1, 0.15) is 12.6 Å². The lowest BCUT2D eigenvalue weighted by molar-refractivity contribution is -0.117. The summed E-state index contributed by atoms with van der Waals surface area (Å²) in [5, 5.41) is 2.75. The van der Waals surface area contributed by atoms with E-state index in [0.717, 1.165) is 11.4 Å². The predicted octanol–water partition coefficient (Wildman–Crippen LogP) is 2.06. The third kappa shape index (κ3) is 2.85. The van der Waals surface area contributed by atoms with Crippen molar-refractivity contribution >= 4 is 5.91 Å². The molecule has 0 aliphatic rings. The molecule has 0 unspecified atom stereocenters. The maximum atomic E-state index is 11.3. The van der Waals surface area contributed by atoms with E-state index >= 15 is 0 Å². The highest BCUT2D eigenvalue weighted by atomic mass is 16.1. The topological polar surface area (TPSA) is 46.9 Å². The zero-order valence-electron chi connectivity index (χ0n) is 10.3. The van der Waals surface area contributed by atoms with Gasteiger partial charge in [-0.05, 0) is 19.1 Å². The standard InChI is InChI=1S/C14H15N3O/c1-11(2)14(18)15-8-12-9-17(10-16-12)13-6-4-3-5-7-13/h3-7,9-10H,1,8H2,2H3,(H,15,18). The van der Waals surface area contributed by atoms with Crippen LogP contribution < -0.4 is 5.32 Å². The van der Waals surface area contributed by atoms with Crippen molar-refractivity contribution in [1.29, 1.82) is 0 Å². The van der Waals surface area contributed by atoms with E-state index in [1.807, 2.05) is 41.1 Å². The minimum absolute atomic E-state index is 0.149. The van der Waals surface area contributed by atoms with Gasteiger partial charge in [-0.3, -0.25) is 4.79 Å². The Morgan fingerprint density at radius 2 is 2.11 bits per heavy atom. The van der Waals surface area contributed by atoms with Crippen molar-refractivity contribution in [3.05, 3.63) is 60.7 Å². The normalized spacial score (nSPS) is 10.1. The first-order valence-corrected chi connectivity index (χ1v) is 5.69. The number of para-hydroxylation sites is 1. The van der Waals surface area contributed by atoms with Gasteiger partial charge in [-0.1, -0.05) is 24.8 Å². The van der Waals surface area contributed by atoms with Gasteiger partial charge in [-0.25, -0.2) is 4.98 Å². The van der Waals surface area contributed by atoms with Gasteiger partial charge in [0.25, 0.3) is 0 Å². The average molecular weight is 241 g/mol. The van der Waals surface area contributed by atoms with Crippen LogP contribution in [0.25, 0.3) is 5.69 Å². The van der Waals surface area contributed by atoms with E-state index in [9.17, 15) is 4.79 Å². The minimum Gasteiger partial charge on any atom is -0.347 e. The van der Waals surface area contributed by atoms with Crippen molar-refractivity contribution < 1.29 is 4.79 Å². The number of nitrogens with zero attached hydrogens (tertiary/aromatic N) is 2. The molecule has 1 amide bonds. The van der Waals surface area contributed by atoms with Crippen molar-refractivity contribution in [3.8, 4) is 5.69 Å². The van der Waals surface area contributed by atoms with Crippen molar-refractivity contribution in [3.63, 3.8) is 0 Å². The van der Waals surface area contributed by atoms with Crippen LogP contribution in [0.2, 0.25) is 0 Å². The lowest BCUT2D eigenvalue weighted by Crippen LogP contribution is -2.23. The van der Waals surface area contributed by atoms with Gasteiger partial charge in [-0.2, -0.15) is 0 Å². The van der Waals surface area contributed by atoms with Crippen LogP contribution in [0.3, 0.4) is 0 Å². The minimum atomic E-state index is -0.149. The molecule has 0 saturated carbocycles. The summed E-state index contributed by atoms with van der Waals surface area (Å²) < 4.78 is 1.92. The fourth-order valence-electron chi connectivity index (χ4n) is 1.52. The molecular formula is C14H15N3O. The zero-order chi connectivity index (χ0) is 13.0. The van der Waals surface area contributed by atoms with E-state index in [1.54, 1.807) is 13.3 Å². The Balaban J connectivity index is 2.03. The van der Waals surface area contributed by atoms with Crippen LogP contribution in [0.4, 0.5) is 0 Å². The molecule has 4 heteroatoms. The average Bonchev–Trinajstić information content (AvgIpc) is 2.85. The Hall–Kier alpha value is -2.36. The van der Waals surface area contributed by atoms with Crippen LogP contribution in [0.15, 0.2) is 55.0 Å². The van der Waals surface area contributed by atoms with Gasteiger partial charge >= 0.3 is 0 Å². The summed E-state index contributed by atoms with van der Waals surface area (Å²) in [5.41, 5.74) is 2.36. The second-order valence-electron chi connectivity index (χ2n) is 4.07. The number of imidazole rings is 1. The Morgan fingerprint density at radius 1 is 1.39 bits per heavy atom. The lowest BCUT2D eigenvalue weighted by Gasteiger charge is -2.02. The van der Waals surface area contributed by atoms with Gasteiger partial charge in [0, 0.05) is 17.5 Å². The molecule has 0 aliphatic carbocycles. The van der Waals surface area contributed by atoms with Crippen LogP contribution in [0.5, 0.6) is 0 Å². The second-order valence-corrected chi connectivity index (χ2v) is 4.07. The number of amides is 1. The molecule has 0 fully saturated rings. The molecule has 0 atom stereocenters. The molecule has 92 valence electrons. The molecule has 2 rings (SSSR count). The van der Waals surface area contributed by atoms with Gasteiger partial charge in [0.15, 0.2) is 0 Å². The third-order valence-corrected chi connectivity index (χ3v) is 2.51. The van der Waals surface area contributed by atoms with Crippen LogP contribution in [0, 0.1) is 0 Å². The summed E-state index contributed by atoms with van der Waals surface area (Å²) >= 11 is 0. The largest absolute Gasteiger partial charge is 0.347 e. The molecule has 0 spiro atoms. The van der Waals surface area contributed by atoms with Gasteiger partial charge in [-0.15, -0.1) is 0 Å². The number of benzene rings is 1. The third-order valence-electron chi connectivity index (χ3n) is 2.51. The van der Waals surface area contributed by atoms with E-state index in [1.165, 1.54) is 0 Å². The number of rotatable bonds is 4. The molecule has 1 N–H and O–H groups in total. The predicted molar refractivity (Wildman–Crippen MR) is 70.2 cm³/mol. The highest BCUT2D eigenvalue weighted by Crippen LogP contribution is 2.07. The maximum absolute atomic E-state index is 11.3. The Kier molecular flexibility index (Phi) is 3.57. The van der Waals surface area contributed by atoms with Crippen LogP contribution in [-0.4, -0.2) is 15.5 Å². The maximum Gasteiger partial charge on any atom is 0.246 e. The van der Waals surface area contributed by atoms with E-state index in [2.05, 4.69) is 16.9 Å².